The molecule has 1 N–H and O–H groups in total. The minimum Gasteiger partial charge on any atom is -0.326 e. The monoisotopic (exact) mass is 280 g/mol. The van der Waals surface area contributed by atoms with Gasteiger partial charge < -0.3 is 4.90 Å². The molecular formula is C17H32N2O. The van der Waals surface area contributed by atoms with Crippen molar-refractivity contribution in [2.24, 2.45) is 11.8 Å². The van der Waals surface area contributed by atoms with Crippen LogP contribution in [0.5, 0.6) is 0 Å². The Morgan fingerprint density at radius 2 is 2.05 bits per heavy atom. The predicted octanol–water partition coefficient (Wildman–Crippen LogP) is 3.54. The van der Waals surface area contributed by atoms with Gasteiger partial charge in [0, 0.05) is 6.54 Å². The van der Waals surface area contributed by atoms with Crippen molar-refractivity contribution in [2.45, 2.75) is 84.3 Å². The predicted molar refractivity (Wildman–Crippen MR) is 83.4 cm³/mol. The first-order valence-corrected chi connectivity index (χ1v) is 8.72. The van der Waals surface area contributed by atoms with Crippen molar-refractivity contribution in [2.75, 3.05) is 6.54 Å². The molecule has 4 atom stereocenters. The van der Waals surface area contributed by atoms with Gasteiger partial charge in [-0.1, -0.05) is 46.5 Å². The number of carbonyl (C=O) groups is 1. The van der Waals surface area contributed by atoms with Crippen molar-refractivity contribution in [1.29, 1.82) is 0 Å². The first-order valence-electron chi connectivity index (χ1n) is 8.72. The minimum atomic E-state index is 0.0789. The second-order valence-electron chi connectivity index (χ2n) is 6.89. The lowest BCUT2D eigenvalue weighted by Crippen LogP contribution is -2.38. The maximum Gasteiger partial charge on any atom is 0.241 e. The van der Waals surface area contributed by atoms with Crippen LogP contribution >= 0.6 is 0 Å². The van der Waals surface area contributed by atoms with Crippen molar-refractivity contribution in [3.63, 3.8) is 0 Å². The van der Waals surface area contributed by atoms with Gasteiger partial charge in [-0.25, -0.2) is 0 Å². The Bertz CT molecular complexity index is 318. The van der Waals surface area contributed by atoms with Crippen molar-refractivity contribution < 1.29 is 4.79 Å². The van der Waals surface area contributed by atoms with Crippen LogP contribution in [0.15, 0.2) is 0 Å². The Morgan fingerprint density at radius 1 is 1.25 bits per heavy atom. The van der Waals surface area contributed by atoms with E-state index in [-0.39, 0.29) is 12.2 Å². The smallest absolute Gasteiger partial charge is 0.241 e. The number of rotatable bonds is 6. The molecule has 1 aliphatic carbocycles. The van der Waals surface area contributed by atoms with E-state index in [0.29, 0.717) is 5.91 Å². The van der Waals surface area contributed by atoms with E-state index in [2.05, 4.69) is 31.0 Å². The fourth-order valence-corrected chi connectivity index (χ4v) is 3.99. The molecule has 1 heterocycles. The zero-order valence-electron chi connectivity index (χ0n) is 13.5. The van der Waals surface area contributed by atoms with Crippen molar-refractivity contribution in [3.8, 4) is 0 Å². The van der Waals surface area contributed by atoms with Gasteiger partial charge in [-0.05, 0) is 37.5 Å². The Kier molecular flexibility index (Phi) is 5.88. The van der Waals surface area contributed by atoms with Crippen LogP contribution in [0.2, 0.25) is 0 Å². The number of nitrogens with one attached hydrogen (secondary N) is 1. The maximum atomic E-state index is 12.5. The van der Waals surface area contributed by atoms with Crippen molar-refractivity contribution in [1.82, 2.24) is 10.2 Å². The molecule has 1 amide bonds. The van der Waals surface area contributed by atoms with Gasteiger partial charge >= 0.3 is 0 Å². The Balaban J connectivity index is 1.85. The maximum absolute atomic E-state index is 12.5. The van der Waals surface area contributed by atoms with E-state index >= 15 is 0 Å². The lowest BCUT2D eigenvalue weighted by Gasteiger charge is -2.30. The van der Waals surface area contributed by atoms with Crippen molar-refractivity contribution in [3.05, 3.63) is 0 Å². The average Bonchev–Trinajstić information content (AvgIpc) is 2.73. The standard InChI is InChI=1S/C17H32N2O/c1-4-7-15-17(20)19(16(5-2)18-15)11-10-14-9-6-8-13(3)12-14/h13-16,18H,4-12H2,1-3H3. The van der Waals surface area contributed by atoms with Gasteiger partial charge in [-0.15, -0.1) is 0 Å². The zero-order chi connectivity index (χ0) is 14.5. The minimum absolute atomic E-state index is 0.0789. The van der Waals surface area contributed by atoms with Crippen LogP contribution in [-0.4, -0.2) is 29.6 Å². The highest BCUT2D eigenvalue weighted by Gasteiger charge is 2.37. The van der Waals surface area contributed by atoms with E-state index < -0.39 is 0 Å². The summed E-state index contributed by atoms with van der Waals surface area (Å²) in [4.78, 5) is 14.6. The largest absolute Gasteiger partial charge is 0.326 e. The SMILES string of the molecule is CCCC1NC(CC)N(CCC2CCCC(C)C2)C1=O. The molecule has 116 valence electrons. The molecule has 0 radical (unpaired) electrons. The molecule has 0 aromatic heterocycles. The third-order valence-corrected chi connectivity index (χ3v) is 5.14. The fourth-order valence-electron chi connectivity index (χ4n) is 3.99. The quantitative estimate of drug-likeness (QED) is 0.807. The molecule has 1 aliphatic heterocycles. The molecule has 2 aliphatic rings. The van der Waals surface area contributed by atoms with Crippen LogP contribution in [-0.2, 0) is 4.79 Å². The van der Waals surface area contributed by atoms with Crippen LogP contribution in [0.1, 0.15) is 72.1 Å². The summed E-state index contributed by atoms with van der Waals surface area (Å²) in [5.74, 6) is 2.08. The highest BCUT2D eigenvalue weighted by molar-refractivity contribution is 5.84. The molecule has 3 nitrogen and oxygen atoms in total. The molecule has 0 aromatic carbocycles. The van der Waals surface area contributed by atoms with Gasteiger partial charge in [0.1, 0.15) is 0 Å². The van der Waals surface area contributed by atoms with E-state index in [0.717, 1.165) is 37.6 Å². The number of nitrogens with zero attached hydrogens (tertiary/aromatic N) is 1. The normalized spacial score (nSPS) is 34.8. The highest BCUT2D eigenvalue weighted by atomic mass is 16.2. The molecule has 2 fully saturated rings. The van der Waals surface area contributed by atoms with Gasteiger partial charge in [-0.2, -0.15) is 0 Å². The molecule has 2 rings (SSSR count). The van der Waals surface area contributed by atoms with Crippen LogP contribution in [0.3, 0.4) is 0 Å². The summed E-state index contributed by atoms with van der Waals surface area (Å²) < 4.78 is 0. The van der Waals surface area contributed by atoms with Crippen LogP contribution < -0.4 is 5.32 Å². The average molecular weight is 280 g/mol. The van der Waals surface area contributed by atoms with E-state index in [9.17, 15) is 4.79 Å². The summed E-state index contributed by atoms with van der Waals surface area (Å²) >= 11 is 0. The zero-order valence-corrected chi connectivity index (χ0v) is 13.5. The molecule has 0 aromatic rings. The van der Waals surface area contributed by atoms with Crippen LogP contribution in [0.25, 0.3) is 0 Å². The summed E-state index contributed by atoms with van der Waals surface area (Å²) in [5, 5.41) is 3.51. The Hall–Kier alpha value is -0.570. The molecule has 3 heteroatoms. The van der Waals surface area contributed by atoms with E-state index in [4.69, 9.17) is 0 Å². The van der Waals surface area contributed by atoms with Crippen molar-refractivity contribution >= 4 is 5.91 Å². The van der Waals surface area contributed by atoms with E-state index in [1.54, 1.807) is 0 Å². The second kappa shape index (κ2) is 7.44. The molecule has 20 heavy (non-hydrogen) atoms. The first-order chi connectivity index (χ1) is 9.65. The van der Waals surface area contributed by atoms with Gasteiger partial charge in [0.25, 0.3) is 0 Å². The summed E-state index contributed by atoms with van der Waals surface area (Å²) in [6.45, 7) is 7.67. The molecular weight excluding hydrogens is 248 g/mol. The van der Waals surface area contributed by atoms with Gasteiger partial charge in [0.15, 0.2) is 0 Å². The summed E-state index contributed by atoms with van der Waals surface area (Å²) in [6, 6.07) is 0.0789. The highest BCUT2D eigenvalue weighted by Crippen LogP contribution is 2.31. The summed E-state index contributed by atoms with van der Waals surface area (Å²) in [5.41, 5.74) is 0. The molecule has 1 saturated heterocycles. The van der Waals surface area contributed by atoms with E-state index in [1.165, 1.54) is 32.1 Å². The Morgan fingerprint density at radius 3 is 2.70 bits per heavy atom. The fraction of sp³-hybridized carbons (Fsp3) is 0.941. The third kappa shape index (κ3) is 3.75. The summed E-state index contributed by atoms with van der Waals surface area (Å²) in [7, 11) is 0. The number of hydrogen-bond donors (Lipinski definition) is 1. The molecule has 4 unspecified atom stereocenters. The van der Waals surface area contributed by atoms with Gasteiger partial charge in [0.05, 0.1) is 12.2 Å². The lowest BCUT2D eigenvalue weighted by molar-refractivity contribution is -0.130. The van der Waals surface area contributed by atoms with Gasteiger partial charge in [-0.3, -0.25) is 10.1 Å². The second-order valence-corrected chi connectivity index (χ2v) is 6.89. The Labute approximate surface area is 124 Å². The number of hydrogen-bond acceptors (Lipinski definition) is 2. The topological polar surface area (TPSA) is 32.3 Å². The molecule has 0 bridgehead atoms. The lowest BCUT2D eigenvalue weighted by atomic mass is 9.81. The number of carbonyl (C=O) groups excluding carboxylic acids is 1. The molecule has 1 saturated carbocycles. The first kappa shape index (κ1) is 15.8. The summed E-state index contributed by atoms with van der Waals surface area (Å²) in [6.07, 6.45) is 10.1. The van der Waals surface area contributed by atoms with Gasteiger partial charge in [0.2, 0.25) is 5.91 Å². The van der Waals surface area contributed by atoms with E-state index in [1.807, 2.05) is 0 Å². The van der Waals surface area contributed by atoms with Crippen LogP contribution in [0, 0.1) is 11.8 Å². The molecule has 0 spiro atoms. The third-order valence-electron chi connectivity index (χ3n) is 5.14. The number of amides is 1. The van der Waals surface area contributed by atoms with Crippen LogP contribution in [0.4, 0.5) is 0 Å².